The molecule has 0 aliphatic carbocycles. The maximum atomic E-state index is 10.7. The Morgan fingerprint density at radius 3 is 2.70 bits per heavy atom. The predicted molar refractivity (Wildman–Crippen MR) is 112 cm³/mol. The molecular weight excluding hydrogens is 402 g/mol. The Morgan fingerprint density at radius 2 is 1.90 bits per heavy atom. The summed E-state index contributed by atoms with van der Waals surface area (Å²) in [6.07, 6.45) is -2.06. The molecule has 5 rings (SSSR count). The van der Waals surface area contributed by atoms with Gasteiger partial charge in [-0.2, -0.15) is 0 Å². The Hall–Kier alpha value is -2.13. The van der Waals surface area contributed by atoms with Gasteiger partial charge in [-0.05, 0) is 29.7 Å². The summed E-state index contributed by atoms with van der Waals surface area (Å²) in [6.45, 7) is 1.94. The summed E-state index contributed by atoms with van der Waals surface area (Å²) in [5, 5.41) is 32.1. The van der Waals surface area contributed by atoms with Gasteiger partial charge >= 0.3 is 0 Å². The second-order valence-electron chi connectivity index (χ2n) is 7.86. The average molecular weight is 426 g/mol. The molecule has 0 unspecified atom stereocenters. The summed E-state index contributed by atoms with van der Waals surface area (Å²) in [6, 6.07) is 16.1. The van der Waals surface area contributed by atoms with E-state index in [1.807, 2.05) is 42.6 Å². The molecule has 1 fully saturated rings. The van der Waals surface area contributed by atoms with E-state index < -0.39 is 30.2 Å². The maximum absolute atomic E-state index is 10.7. The molecule has 30 heavy (non-hydrogen) atoms. The highest BCUT2D eigenvalue weighted by molar-refractivity contribution is 7.15. The Labute approximate surface area is 178 Å². The Kier molecular flexibility index (Phi) is 4.97. The number of hydrogen-bond acceptors (Lipinski definition) is 7. The van der Waals surface area contributed by atoms with Gasteiger partial charge in [0, 0.05) is 18.2 Å². The topological polar surface area (TPSA) is 92.0 Å². The molecule has 0 bridgehead atoms. The number of aliphatic hydroxyl groups excluding tert-OH is 3. The fraction of sp³-hybridized carbons (Fsp3) is 0.348. The van der Waals surface area contributed by atoms with Crippen LogP contribution >= 0.6 is 11.3 Å². The van der Waals surface area contributed by atoms with Crippen LogP contribution in [0.1, 0.15) is 28.6 Å². The SMILES string of the molecule is C[C@H]1O[C@]2(OCc3ccc(Cc4ncc(-c5ccccc5)s4)cc32)[C@H](O)[C@@H](O)[C@@H]1O. The molecule has 3 heterocycles. The molecule has 2 aromatic carbocycles. The number of ether oxygens (including phenoxy) is 2. The Balaban J connectivity index is 1.44. The van der Waals surface area contributed by atoms with Crippen molar-refractivity contribution < 1.29 is 24.8 Å². The molecule has 2 aliphatic rings. The molecule has 6 nitrogen and oxygen atoms in total. The Bertz CT molecular complexity index is 1050. The van der Waals surface area contributed by atoms with Crippen molar-refractivity contribution in [2.75, 3.05) is 0 Å². The van der Waals surface area contributed by atoms with Crippen LogP contribution in [0.3, 0.4) is 0 Å². The first kappa shape index (κ1) is 19.8. The van der Waals surface area contributed by atoms with Gasteiger partial charge in [0.1, 0.15) is 18.3 Å². The fourth-order valence-corrected chi connectivity index (χ4v) is 5.15. The van der Waals surface area contributed by atoms with Crippen molar-refractivity contribution in [3.8, 4) is 10.4 Å². The largest absolute Gasteiger partial charge is 0.388 e. The minimum atomic E-state index is -1.47. The lowest BCUT2D eigenvalue weighted by molar-refractivity contribution is -0.362. The van der Waals surface area contributed by atoms with E-state index in [0.29, 0.717) is 12.0 Å². The van der Waals surface area contributed by atoms with Crippen LogP contribution in [-0.2, 0) is 28.3 Å². The van der Waals surface area contributed by atoms with Crippen molar-refractivity contribution in [1.82, 2.24) is 4.98 Å². The fourth-order valence-electron chi connectivity index (χ4n) is 4.20. The predicted octanol–water partition coefficient (Wildman–Crippen LogP) is 2.59. The molecule has 0 saturated carbocycles. The summed E-state index contributed by atoms with van der Waals surface area (Å²) in [5.41, 5.74) is 3.75. The molecular formula is C23H23NO5S. The van der Waals surface area contributed by atoms with Gasteiger partial charge in [0.25, 0.3) is 0 Å². The van der Waals surface area contributed by atoms with E-state index in [2.05, 4.69) is 17.1 Å². The second kappa shape index (κ2) is 7.53. The normalized spacial score (nSPS) is 30.5. The lowest BCUT2D eigenvalue weighted by Crippen LogP contribution is -2.62. The van der Waals surface area contributed by atoms with E-state index in [9.17, 15) is 15.3 Å². The smallest absolute Gasteiger partial charge is 0.225 e. The third-order valence-electron chi connectivity index (χ3n) is 5.86. The van der Waals surface area contributed by atoms with Gasteiger partial charge in [-0.3, -0.25) is 0 Å². The highest BCUT2D eigenvalue weighted by Crippen LogP contribution is 2.46. The van der Waals surface area contributed by atoms with Crippen LogP contribution in [0.5, 0.6) is 0 Å². The standard InChI is InChI=1S/C23H23NO5S/c1-13-20(25)21(26)22(27)23(29-13)17-9-14(7-8-16(17)12-28-23)10-19-24-11-18(30-19)15-5-3-2-4-6-15/h2-9,11,13,20-22,25-27H,10,12H2,1H3/t13-,20-,21+,22-,23+/m1/s1. The first-order valence-corrected chi connectivity index (χ1v) is 10.8. The van der Waals surface area contributed by atoms with Crippen LogP contribution in [0.4, 0.5) is 0 Å². The van der Waals surface area contributed by atoms with Crippen LogP contribution in [0.25, 0.3) is 10.4 Å². The van der Waals surface area contributed by atoms with E-state index in [-0.39, 0.29) is 6.61 Å². The molecule has 3 aromatic rings. The molecule has 0 amide bonds. The highest BCUT2D eigenvalue weighted by Gasteiger charge is 2.57. The van der Waals surface area contributed by atoms with Gasteiger partial charge in [-0.1, -0.05) is 42.5 Å². The van der Waals surface area contributed by atoms with E-state index in [1.165, 1.54) is 0 Å². The quantitative estimate of drug-likeness (QED) is 0.598. The molecule has 5 atom stereocenters. The second-order valence-corrected chi connectivity index (χ2v) is 8.97. The first-order chi connectivity index (χ1) is 14.5. The number of benzene rings is 2. The monoisotopic (exact) mass is 425 g/mol. The maximum Gasteiger partial charge on any atom is 0.225 e. The number of aromatic nitrogens is 1. The summed E-state index contributed by atoms with van der Waals surface area (Å²) in [7, 11) is 0. The van der Waals surface area contributed by atoms with Crippen molar-refractivity contribution in [2.45, 2.75) is 50.2 Å². The van der Waals surface area contributed by atoms with Crippen molar-refractivity contribution in [1.29, 1.82) is 0 Å². The number of nitrogens with zero attached hydrogens (tertiary/aromatic N) is 1. The zero-order valence-corrected chi connectivity index (χ0v) is 17.2. The van der Waals surface area contributed by atoms with E-state index >= 15 is 0 Å². The van der Waals surface area contributed by atoms with Crippen LogP contribution in [-0.4, -0.2) is 44.7 Å². The van der Waals surface area contributed by atoms with Gasteiger partial charge < -0.3 is 24.8 Å². The zero-order chi connectivity index (χ0) is 20.9. The number of thiazole rings is 1. The number of hydrogen-bond donors (Lipinski definition) is 3. The summed E-state index contributed by atoms with van der Waals surface area (Å²) >= 11 is 1.65. The van der Waals surface area contributed by atoms with Crippen molar-refractivity contribution in [3.63, 3.8) is 0 Å². The van der Waals surface area contributed by atoms with Crippen LogP contribution in [0, 0.1) is 0 Å². The average Bonchev–Trinajstić information content (AvgIpc) is 3.37. The number of fused-ring (bicyclic) bond motifs is 2. The zero-order valence-electron chi connectivity index (χ0n) is 16.4. The first-order valence-electron chi connectivity index (χ1n) is 9.96. The Morgan fingerprint density at radius 1 is 1.10 bits per heavy atom. The van der Waals surface area contributed by atoms with Crippen molar-refractivity contribution in [3.05, 3.63) is 76.4 Å². The molecule has 1 aromatic heterocycles. The molecule has 156 valence electrons. The number of rotatable bonds is 3. The van der Waals surface area contributed by atoms with E-state index in [1.54, 1.807) is 18.3 Å². The van der Waals surface area contributed by atoms with Gasteiger partial charge in [-0.15, -0.1) is 11.3 Å². The lowest BCUT2D eigenvalue weighted by Gasteiger charge is -2.45. The number of aliphatic hydroxyl groups is 3. The molecule has 2 aliphatic heterocycles. The van der Waals surface area contributed by atoms with Crippen molar-refractivity contribution >= 4 is 11.3 Å². The van der Waals surface area contributed by atoms with Gasteiger partial charge in [-0.25, -0.2) is 4.98 Å². The van der Waals surface area contributed by atoms with Gasteiger partial charge in [0.05, 0.1) is 22.6 Å². The third-order valence-corrected chi connectivity index (χ3v) is 6.91. The van der Waals surface area contributed by atoms with E-state index in [0.717, 1.165) is 26.6 Å². The molecule has 7 heteroatoms. The van der Waals surface area contributed by atoms with Crippen molar-refractivity contribution in [2.24, 2.45) is 0 Å². The third kappa shape index (κ3) is 3.19. The lowest BCUT2D eigenvalue weighted by atomic mass is 9.87. The van der Waals surface area contributed by atoms with Gasteiger partial charge in [0.15, 0.2) is 0 Å². The van der Waals surface area contributed by atoms with Crippen LogP contribution < -0.4 is 0 Å². The minimum absolute atomic E-state index is 0.275. The minimum Gasteiger partial charge on any atom is -0.388 e. The molecule has 1 saturated heterocycles. The molecule has 3 N–H and O–H groups in total. The summed E-state index contributed by atoms with van der Waals surface area (Å²) < 4.78 is 11.8. The van der Waals surface area contributed by atoms with E-state index in [4.69, 9.17) is 9.47 Å². The van der Waals surface area contributed by atoms with Crippen LogP contribution in [0.15, 0.2) is 54.7 Å². The summed E-state index contributed by atoms with van der Waals surface area (Å²) in [5.74, 6) is -1.47. The summed E-state index contributed by atoms with van der Waals surface area (Å²) in [4.78, 5) is 5.68. The molecule has 0 radical (unpaired) electrons. The molecule has 1 spiro atoms. The van der Waals surface area contributed by atoms with Gasteiger partial charge in [0.2, 0.25) is 5.79 Å². The highest BCUT2D eigenvalue weighted by atomic mass is 32.1. The van der Waals surface area contributed by atoms with Crippen LogP contribution in [0.2, 0.25) is 0 Å².